The highest BCUT2D eigenvalue weighted by atomic mass is 32.3. The summed E-state index contributed by atoms with van der Waals surface area (Å²) in [4.78, 5) is 31.5. The van der Waals surface area contributed by atoms with E-state index in [2.05, 4.69) is 12.0 Å². The maximum Gasteiger partial charge on any atom is 0.416 e. The molecular weight excluding hydrogens is 612 g/mol. The van der Waals surface area contributed by atoms with Crippen molar-refractivity contribution in [2.75, 3.05) is 13.2 Å². The third kappa shape index (κ3) is 18.2. The Morgan fingerprint density at radius 3 is 1.56 bits per heavy atom. The molecule has 0 aromatic rings. The molecule has 232 valence electrons. The maximum absolute atomic E-state index is 10.8. The smallest absolute Gasteiger partial charge is 0.388 e. The Kier molecular flexibility index (Phi) is 17.2. The van der Waals surface area contributed by atoms with Crippen LogP contribution in [0.1, 0.15) is 6.92 Å². The number of carbonyl (C=O) groups is 3. The SMILES string of the molecule is CC(=O)N[C@@H](C=O)[C@@H](O)[C@@H](O)[C@H](O)COS(=O)(=O)O.N[C@@H](C=O)[C@@H](O)[C@@H](O)[C@H](O)COS(=O)(=O)OS(=O)(=O)O. The molecule has 39 heavy (non-hydrogen) atoms. The molecule has 0 aromatic heterocycles. The van der Waals surface area contributed by atoms with Gasteiger partial charge in [0, 0.05) is 6.92 Å². The zero-order valence-electron chi connectivity index (χ0n) is 19.5. The number of aliphatic hydroxyl groups excluding tert-OH is 6. The summed E-state index contributed by atoms with van der Waals surface area (Å²) in [6.45, 7) is -1.21. The molecular formula is C14H28N2O20S3. The van der Waals surface area contributed by atoms with Crippen LogP contribution in [0, 0.1) is 0 Å². The van der Waals surface area contributed by atoms with Crippen LogP contribution in [0.2, 0.25) is 0 Å². The zero-order chi connectivity index (χ0) is 31.4. The molecule has 1 amide bonds. The second kappa shape index (κ2) is 17.1. The van der Waals surface area contributed by atoms with Crippen molar-refractivity contribution < 1.29 is 91.4 Å². The van der Waals surface area contributed by atoms with Crippen molar-refractivity contribution in [3.63, 3.8) is 0 Å². The summed E-state index contributed by atoms with van der Waals surface area (Å²) in [5.41, 5.74) is 5.04. The van der Waals surface area contributed by atoms with Crippen molar-refractivity contribution in [1.29, 1.82) is 0 Å². The Hall–Kier alpha value is -1.82. The maximum atomic E-state index is 10.8. The molecule has 25 heteroatoms. The van der Waals surface area contributed by atoms with Gasteiger partial charge in [0.1, 0.15) is 55.2 Å². The number of hydrogen-bond acceptors (Lipinski definition) is 19. The van der Waals surface area contributed by atoms with Gasteiger partial charge in [-0.05, 0) is 0 Å². The number of carbonyl (C=O) groups excluding carboxylic acids is 3. The molecule has 11 N–H and O–H groups in total. The van der Waals surface area contributed by atoms with E-state index in [1.165, 1.54) is 0 Å². The number of rotatable bonds is 17. The van der Waals surface area contributed by atoms with Crippen LogP contribution in [-0.4, -0.2) is 145 Å². The topological polar surface area (TPSA) is 381 Å². The molecule has 0 aliphatic carbocycles. The van der Waals surface area contributed by atoms with Crippen molar-refractivity contribution >= 4 is 49.7 Å². The van der Waals surface area contributed by atoms with Gasteiger partial charge in [0.25, 0.3) is 0 Å². The normalized spacial score (nSPS) is 18.6. The van der Waals surface area contributed by atoms with Crippen LogP contribution in [0.25, 0.3) is 0 Å². The third-order valence-electron chi connectivity index (χ3n) is 3.86. The van der Waals surface area contributed by atoms with Crippen LogP contribution in [0.3, 0.4) is 0 Å². The van der Waals surface area contributed by atoms with E-state index >= 15 is 0 Å². The van der Waals surface area contributed by atoms with Crippen LogP contribution < -0.4 is 11.1 Å². The molecule has 22 nitrogen and oxygen atoms in total. The van der Waals surface area contributed by atoms with Crippen molar-refractivity contribution in [2.45, 2.75) is 55.6 Å². The number of aldehydes is 2. The summed E-state index contributed by atoms with van der Waals surface area (Å²) in [7, 11) is -15.4. The van der Waals surface area contributed by atoms with E-state index in [9.17, 15) is 70.3 Å². The van der Waals surface area contributed by atoms with E-state index in [0.717, 1.165) is 6.92 Å². The van der Waals surface area contributed by atoms with Crippen molar-refractivity contribution in [2.24, 2.45) is 5.73 Å². The largest absolute Gasteiger partial charge is 0.416 e. The molecule has 0 spiro atoms. The van der Waals surface area contributed by atoms with Gasteiger partial charge < -0.3 is 51.3 Å². The van der Waals surface area contributed by atoms with Crippen molar-refractivity contribution in [1.82, 2.24) is 5.32 Å². The average Bonchev–Trinajstić information content (AvgIpc) is 2.80. The Morgan fingerprint density at radius 1 is 0.769 bits per heavy atom. The molecule has 0 heterocycles. The molecule has 0 radical (unpaired) electrons. The third-order valence-corrected chi connectivity index (χ3v) is 6.08. The summed E-state index contributed by atoms with van der Waals surface area (Å²) >= 11 is 0. The lowest BCUT2D eigenvalue weighted by Crippen LogP contribution is -2.53. The number of aliphatic hydroxyl groups is 6. The molecule has 0 fully saturated rings. The minimum atomic E-state index is -5.36. The van der Waals surface area contributed by atoms with Gasteiger partial charge in [-0.1, -0.05) is 0 Å². The van der Waals surface area contributed by atoms with Gasteiger partial charge in [-0.2, -0.15) is 25.3 Å². The fourth-order valence-electron chi connectivity index (χ4n) is 2.04. The van der Waals surface area contributed by atoms with Crippen LogP contribution in [0.4, 0.5) is 0 Å². The molecule has 0 unspecified atom stereocenters. The van der Waals surface area contributed by atoms with Gasteiger partial charge in [-0.3, -0.25) is 13.9 Å². The molecule has 0 aliphatic heterocycles. The molecule has 0 bridgehead atoms. The molecule has 0 rings (SSSR count). The molecule has 0 aromatic carbocycles. The predicted molar refractivity (Wildman–Crippen MR) is 119 cm³/mol. The first-order chi connectivity index (χ1) is 17.5. The summed E-state index contributed by atoms with van der Waals surface area (Å²) in [5, 5.41) is 58.0. The van der Waals surface area contributed by atoms with Crippen LogP contribution >= 0.6 is 0 Å². The second-order valence-electron chi connectivity index (χ2n) is 7.07. The van der Waals surface area contributed by atoms with Crippen molar-refractivity contribution in [3.8, 4) is 0 Å². The van der Waals surface area contributed by atoms with E-state index in [1.807, 2.05) is 5.32 Å². The van der Waals surface area contributed by atoms with E-state index in [4.69, 9.17) is 14.8 Å². The fraction of sp³-hybridized carbons (Fsp3) is 0.786. The van der Waals surface area contributed by atoms with Gasteiger partial charge in [-0.25, -0.2) is 8.37 Å². The molecule has 0 saturated carbocycles. The van der Waals surface area contributed by atoms with E-state index in [0.29, 0.717) is 0 Å². The van der Waals surface area contributed by atoms with Crippen LogP contribution in [0.15, 0.2) is 0 Å². The Balaban J connectivity index is 0. The average molecular weight is 641 g/mol. The van der Waals surface area contributed by atoms with Gasteiger partial charge in [0.05, 0.1) is 19.3 Å². The summed E-state index contributed by atoms with van der Waals surface area (Å²) in [6, 6.07) is -3.04. The Labute approximate surface area is 221 Å². The zero-order valence-corrected chi connectivity index (χ0v) is 21.9. The lowest BCUT2D eigenvalue weighted by molar-refractivity contribution is -0.129. The lowest BCUT2D eigenvalue weighted by atomic mass is 10.0. The fourth-order valence-corrected chi connectivity index (χ4v) is 3.66. The highest BCUT2D eigenvalue weighted by Crippen LogP contribution is 2.08. The van der Waals surface area contributed by atoms with Gasteiger partial charge in [0.2, 0.25) is 5.91 Å². The minimum Gasteiger partial charge on any atom is -0.388 e. The Bertz CT molecular complexity index is 1090. The quantitative estimate of drug-likeness (QED) is 0.0521. The lowest BCUT2D eigenvalue weighted by Gasteiger charge is -2.26. The summed E-state index contributed by atoms with van der Waals surface area (Å²) in [6.07, 6.45) is -11.6. The van der Waals surface area contributed by atoms with Crippen LogP contribution in [-0.2, 0) is 57.6 Å². The van der Waals surface area contributed by atoms with Gasteiger partial charge >= 0.3 is 31.2 Å². The Morgan fingerprint density at radius 2 is 1.21 bits per heavy atom. The van der Waals surface area contributed by atoms with E-state index in [1.54, 1.807) is 0 Å². The highest BCUT2D eigenvalue weighted by Gasteiger charge is 2.33. The standard InChI is InChI=1S/C8H15NO9S.C6H13NO11S2/c1-4(11)9-5(2-10)7(13)8(14)6(12)3-18-19(15,16)17;7-3(1-8)5(10)6(11)4(9)2-17-20(15,16)18-19(12,13)14/h2,5-8,12-14H,3H2,1H3,(H,9,11)(H,15,16,17);1,3-6,9-11H,2,7H2,(H,12,13,14)/t5-,6+,7+,8-;3-,4+,5+,6-/m00/s1. The first kappa shape index (κ1) is 39.3. The molecule has 8 atom stereocenters. The first-order valence-corrected chi connectivity index (χ1v) is 13.8. The second-order valence-corrected chi connectivity index (χ2v) is 10.6. The number of hydrogen-bond donors (Lipinski definition) is 10. The minimum absolute atomic E-state index is 0.0691. The van der Waals surface area contributed by atoms with E-state index < -0.39 is 99.0 Å². The molecule has 0 saturated heterocycles. The highest BCUT2D eigenvalue weighted by molar-refractivity contribution is 7.94. The van der Waals surface area contributed by atoms with Gasteiger partial charge in [0.15, 0.2) is 0 Å². The molecule has 0 aliphatic rings. The van der Waals surface area contributed by atoms with Crippen molar-refractivity contribution in [3.05, 3.63) is 0 Å². The number of nitrogens with one attached hydrogen (secondary N) is 1. The number of amides is 1. The van der Waals surface area contributed by atoms with Crippen LogP contribution in [0.5, 0.6) is 0 Å². The monoisotopic (exact) mass is 640 g/mol. The summed E-state index contributed by atoms with van der Waals surface area (Å²) < 4.78 is 89.4. The first-order valence-electron chi connectivity index (χ1n) is 9.69. The predicted octanol–water partition coefficient (Wildman–Crippen LogP) is -7.73. The summed E-state index contributed by atoms with van der Waals surface area (Å²) in [5.74, 6) is -0.660. The number of nitrogens with two attached hydrogens (primary N) is 1. The van der Waals surface area contributed by atoms with Gasteiger partial charge in [-0.15, -0.1) is 3.63 Å². The van der Waals surface area contributed by atoms with E-state index in [-0.39, 0.29) is 12.6 Å².